The van der Waals surface area contributed by atoms with Gasteiger partial charge in [0.25, 0.3) is 0 Å². The lowest BCUT2D eigenvalue weighted by atomic mass is 10.2. The molecule has 3 N–H and O–H groups in total. The number of nitrogens with two attached hydrogens (primary N) is 1. The minimum Gasteiger partial charge on any atom is -0.506 e. The number of hydrogen-bond donors (Lipinski definition) is 2. The molecule has 1 heterocycles. The Morgan fingerprint density at radius 2 is 1.94 bits per heavy atom. The molecule has 18 heavy (non-hydrogen) atoms. The van der Waals surface area contributed by atoms with Crippen molar-refractivity contribution >= 4 is 16.6 Å². The fourth-order valence-electron chi connectivity index (χ4n) is 2.11. The Kier molecular flexibility index (Phi) is 2.23. The highest BCUT2D eigenvalue weighted by atomic mass is 16.3. The van der Waals surface area contributed by atoms with E-state index in [1.807, 2.05) is 37.3 Å². The molecular formula is C14H13N3O. The summed E-state index contributed by atoms with van der Waals surface area (Å²) in [5, 5.41) is 15.4. The van der Waals surface area contributed by atoms with Gasteiger partial charge in [-0.2, -0.15) is 5.10 Å². The maximum Gasteiger partial charge on any atom is 0.141 e. The van der Waals surface area contributed by atoms with Gasteiger partial charge in [-0.1, -0.05) is 12.1 Å². The largest absolute Gasteiger partial charge is 0.506 e. The van der Waals surface area contributed by atoms with Crippen LogP contribution in [0.1, 0.15) is 5.69 Å². The highest BCUT2D eigenvalue weighted by molar-refractivity contribution is 5.86. The first-order chi connectivity index (χ1) is 8.66. The number of rotatable bonds is 1. The van der Waals surface area contributed by atoms with Gasteiger partial charge >= 0.3 is 0 Å². The average molecular weight is 239 g/mol. The molecule has 90 valence electrons. The molecule has 2 aromatic carbocycles. The Labute approximate surface area is 104 Å². The minimum atomic E-state index is 0.207. The third-order valence-electron chi connectivity index (χ3n) is 3.00. The molecule has 0 radical (unpaired) electrons. The Morgan fingerprint density at radius 1 is 1.17 bits per heavy atom. The molecule has 3 aromatic rings. The number of phenols is 1. The molecule has 0 aliphatic heterocycles. The summed E-state index contributed by atoms with van der Waals surface area (Å²) in [6.07, 6.45) is 0. The van der Waals surface area contributed by atoms with Crippen LogP contribution in [0.15, 0.2) is 42.5 Å². The van der Waals surface area contributed by atoms with Crippen LogP contribution < -0.4 is 5.73 Å². The molecule has 0 unspecified atom stereocenters. The second-order valence-electron chi connectivity index (χ2n) is 4.26. The number of phenolic OH excluding ortho intramolecular Hbond substituents is 1. The maximum atomic E-state index is 9.90. The SMILES string of the molecule is Cc1nn(-c2ccccc2O)c2ccc(N)cc12. The lowest BCUT2D eigenvalue weighted by molar-refractivity contribution is 0.471. The molecule has 3 rings (SSSR count). The number of hydrogen-bond acceptors (Lipinski definition) is 3. The molecule has 0 spiro atoms. The first kappa shape index (κ1) is 10.7. The normalized spacial score (nSPS) is 10.9. The van der Waals surface area contributed by atoms with Crippen molar-refractivity contribution < 1.29 is 5.11 Å². The quantitative estimate of drug-likeness (QED) is 0.641. The van der Waals surface area contributed by atoms with Crippen LogP contribution in [0.2, 0.25) is 0 Å². The first-order valence-corrected chi connectivity index (χ1v) is 5.70. The van der Waals surface area contributed by atoms with Crippen molar-refractivity contribution in [3.05, 3.63) is 48.2 Å². The predicted octanol–water partition coefficient (Wildman–Crippen LogP) is 2.62. The third kappa shape index (κ3) is 1.50. The van der Waals surface area contributed by atoms with E-state index in [2.05, 4.69) is 5.10 Å². The van der Waals surface area contributed by atoms with E-state index < -0.39 is 0 Å². The Bertz CT molecular complexity index is 731. The number of aromatic nitrogens is 2. The highest BCUT2D eigenvalue weighted by Gasteiger charge is 2.11. The summed E-state index contributed by atoms with van der Waals surface area (Å²) in [6, 6.07) is 12.8. The van der Waals surface area contributed by atoms with Crippen LogP contribution >= 0.6 is 0 Å². The van der Waals surface area contributed by atoms with Crippen LogP contribution in [-0.4, -0.2) is 14.9 Å². The smallest absolute Gasteiger partial charge is 0.141 e. The molecule has 0 aliphatic rings. The number of para-hydroxylation sites is 2. The van der Waals surface area contributed by atoms with Gasteiger partial charge in [-0.3, -0.25) is 0 Å². The van der Waals surface area contributed by atoms with Crippen LogP contribution in [0.5, 0.6) is 5.75 Å². The monoisotopic (exact) mass is 239 g/mol. The molecule has 0 bridgehead atoms. The standard InChI is InChI=1S/C14H13N3O/c1-9-11-8-10(15)6-7-12(11)17(16-9)13-4-2-3-5-14(13)18/h2-8,18H,15H2,1H3. The zero-order valence-corrected chi connectivity index (χ0v) is 9.96. The summed E-state index contributed by atoms with van der Waals surface area (Å²) in [5.74, 6) is 0.207. The predicted molar refractivity (Wildman–Crippen MR) is 71.9 cm³/mol. The number of aryl methyl sites for hydroxylation is 1. The minimum absolute atomic E-state index is 0.207. The van der Waals surface area contributed by atoms with Gasteiger partial charge < -0.3 is 10.8 Å². The van der Waals surface area contributed by atoms with Crippen molar-refractivity contribution in [2.24, 2.45) is 0 Å². The lowest BCUT2D eigenvalue weighted by Crippen LogP contribution is -1.96. The second kappa shape index (κ2) is 3.77. The molecule has 0 fully saturated rings. The van der Waals surface area contributed by atoms with Gasteiger partial charge in [-0.25, -0.2) is 4.68 Å². The van der Waals surface area contributed by atoms with E-state index in [4.69, 9.17) is 5.73 Å². The average Bonchev–Trinajstić information content (AvgIpc) is 2.67. The first-order valence-electron chi connectivity index (χ1n) is 5.70. The van der Waals surface area contributed by atoms with E-state index in [0.717, 1.165) is 16.6 Å². The Hall–Kier alpha value is -2.49. The van der Waals surface area contributed by atoms with Gasteiger partial charge in [0.05, 0.1) is 11.2 Å². The Morgan fingerprint density at radius 3 is 2.72 bits per heavy atom. The van der Waals surface area contributed by atoms with Crippen molar-refractivity contribution in [3.63, 3.8) is 0 Å². The van der Waals surface area contributed by atoms with Gasteiger partial charge in [0.1, 0.15) is 11.4 Å². The van der Waals surface area contributed by atoms with E-state index in [0.29, 0.717) is 11.4 Å². The van der Waals surface area contributed by atoms with Gasteiger partial charge in [-0.05, 0) is 37.3 Å². The molecule has 1 aromatic heterocycles. The van der Waals surface area contributed by atoms with Gasteiger partial charge in [0, 0.05) is 11.1 Å². The van der Waals surface area contributed by atoms with Gasteiger partial charge in [-0.15, -0.1) is 0 Å². The highest BCUT2D eigenvalue weighted by Crippen LogP contribution is 2.27. The van der Waals surface area contributed by atoms with Gasteiger partial charge in [0.15, 0.2) is 0 Å². The van der Waals surface area contributed by atoms with Crippen LogP contribution in [0.4, 0.5) is 5.69 Å². The third-order valence-corrected chi connectivity index (χ3v) is 3.00. The topological polar surface area (TPSA) is 64.1 Å². The van der Waals surface area contributed by atoms with Crippen molar-refractivity contribution in [1.29, 1.82) is 0 Å². The van der Waals surface area contributed by atoms with Crippen LogP contribution in [-0.2, 0) is 0 Å². The summed E-state index contributed by atoms with van der Waals surface area (Å²) >= 11 is 0. The number of aromatic hydroxyl groups is 1. The molecule has 0 amide bonds. The van der Waals surface area contributed by atoms with Crippen molar-refractivity contribution in [3.8, 4) is 11.4 Å². The molecule has 0 saturated heterocycles. The number of anilines is 1. The maximum absolute atomic E-state index is 9.90. The molecule has 0 aliphatic carbocycles. The zero-order valence-electron chi connectivity index (χ0n) is 9.96. The van der Waals surface area contributed by atoms with Crippen molar-refractivity contribution in [1.82, 2.24) is 9.78 Å². The fourth-order valence-corrected chi connectivity index (χ4v) is 2.11. The van der Waals surface area contributed by atoms with Crippen LogP contribution in [0.25, 0.3) is 16.6 Å². The zero-order chi connectivity index (χ0) is 12.7. The fraction of sp³-hybridized carbons (Fsp3) is 0.0714. The van der Waals surface area contributed by atoms with Gasteiger partial charge in [0.2, 0.25) is 0 Å². The summed E-state index contributed by atoms with van der Waals surface area (Å²) in [5.41, 5.74) is 8.98. The summed E-state index contributed by atoms with van der Waals surface area (Å²) < 4.78 is 1.74. The molecule has 0 atom stereocenters. The van der Waals surface area contributed by atoms with E-state index in [1.54, 1.807) is 16.8 Å². The summed E-state index contributed by atoms with van der Waals surface area (Å²) in [4.78, 5) is 0. The summed E-state index contributed by atoms with van der Waals surface area (Å²) in [6.45, 7) is 1.93. The summed E-state index contributed by atoms with van der Waals surface area (Å²) in [7, 11) is 0. The van der Waals surface area contributed by atoms with Crippen molar-refractivity contribution in [2.75, 3.05) is 5.73 Å². The van der Waals surface area contributed by atoms with Crippen molar-refractivity contribution in [2.45, 2.75) is 6.92 Å². The number of nitrogen functional groups attached to an aromatic ring is 1. The number of benzene rings is 2. The molecular weight excluding hydrogens is 226 g/mol. The molecule has 4 nitrogen and oxygen atoms in total. The van der Waals surface area contributed by atoms with E-state index in [-0.39, 0.29) is 5.75 Å². The van der Waals surface area contributed by atoms with E-state index in [1.165, 1.54) is 0 Å². The van der Waals surface area contributed by atoms with Crippen LogP contribution in [0, 0.1) is 6.92 Å². The van der Waals surface area contributed by atoms with E-state index in [9.17, 15) is 5.11 Å². The lowest BCUT2D eigenvalue weighted by Gasteiger charge is -2.05. The Balaban J connectivity index is 2.34. The molecule has 4 heteroatoms. The van der Waals surface area contributed by atoms with Crippen LogP contribution in [0.3, 0.4) is 0 Å². The molecule has 0 saturated carbocycles. The van der Waals surface area contributed by atoms with E-state index >= 15 is 0 Å². The second-order valence-corrected chi connectivity index (χ2v) is 4.26. The number of nitrogens with zero attached hydrogens (tertiary/aromatic N) is 2. The number of fused-ring (bicyclic) bond motifs is 1.